The second-order valence-electron chi connectivity index (χ2n) is 14.0. The van der Waals surface area contributed by atoms with Crippen LogP contribution in [-0.4, -0.2) is 35.9 Å². The number of aromatic nitrogens is 2. The molecule has 0 fully saturated rings. The van der Waals surface area contributed by atoms with Crippen LogP contribution in [0, 0.1) is 0 Å². The van der Waals surface area contributed by atoms with E-state index >= 15 is 0 Å². The van der Waals surface area contributed by atoms with E-state index in [2.05, 4.69) is 42.7 Å². The van der Waals surface area contributed by atoms with E-state index in [0.717, 1.165) is 33.8 Å². The molecule has 0 aliphatic rings. The normalized spacial score (nSPS) is 10.9. The Labute approximate surface area is 376 Å². The minimum atomic E-state index is -0.326. The number of anilines is 1. The lowest BCUT2D eigenvalue weighted by Crippen LogP contribution is -2.14. The van der Waals surface area contributed by atoms with E-state index in [1.54, 1.807) is 69.3 Å². The number of pyridine rings is 2. The quantitative estimate of drug-likeness (QED) is 0.0580. The van der Waals surface area contributed by atoms with Gasteiger partial charge in [-0.3, -0.25) is 14.8 Å². The minimum absolute atomic E-state index is 0.272. The van der Waals surface area contributed by atoms with Crippen LogP contribution in [0.1, 0.15) is 61.8 Å². The van der Waals surface area contributed by atoms with Crippen molar-refractivity contribution in [2.75, 3.05) is 20.0 Å². The Balaban J connectivity index is 0.000000228. The number of nitrogen functional groups attached to an aromatic ring is 1. The summed E-state index contributed by atoms with van der Waals surface area (Å²) in [6.07, 6.45) is 7.50. The maximum Gasteiger partial charge on any atom is 0.221 e. The highest BCUT2D eigenvalue weighted by atomic mass is 35.5. The number of hydrogen-bond donors (Lipinski definition) is 3. The third-order valence-corrected chi connectivity index (χ3v) is 9.69. The highest BCUT2D eigenvalue weighted by Crippen LogP contribution is 2.42. The monoisotopic (exact) mass is 904 g/mol. The SMILES string of the molecule is COc1ccc(Oc2c(Cl)cc(N)cc2Cl)cc1C(C)C.COc1ccc(Oc2c(Cl)cc(N=C(N)Cc3cccnc3)cc2Cl)cc1C(C)C.NC(=O)Cc1cccnc1. The summed E-state index contributed by atoms with van der Waals surface area (Å²) >= 11 is 25.1. The van der Waals surface area contributed by atoms with Gasteiger partial charge in [0, 0.05) is 48.0 Å². The number of primary amides is 1. The highest BCUT2D eigenvalue weighted by Gasteiger charge is 2.16. The summed E-state index contributed by atoms with van der Waals surface area (Å²) in [7, 11) is 3.30. The van der Waals surface area contributed by atoms with Gasteiger partial charge in [-0.25, -0.2) is 4.99 Å². The smallest absolute Gasteiger partial charge is 0.221 e. The predicted octanol–water partition coefficient (Wildman–Crippen LogP) is 12.2. The first-order chi connectivity index (χ1) is 29.1. The van der Waals surface area contributed by atoms with Crippen LogP contribution in [0.2, 0.25) is 20.1 Å². The summed E-state index contributed by atoms with van der Waals surface area (Å²) in [4.78, 5) is 22.7. The van der Waals surface area contributed by atoms with Gasteiger partial charge in [-0.05, 0) is 95.8 Å². The Morgan fingerprint density at radius 1 is 0.639 bits per heavy atom. The molecule has 320 valence electrons. The van der Waals surface area contributed by atoms with E-state index in [1.807, 2.05) is 54.6 Å². The number of hydrogen-bond acceptors (Lipinski definition) is 9. The fourth-order valence-corrected chi connectivity index (χ4v) is 6.83. The number of aliphatic imine (C=N–C) groups is 1. The lowest BCUT2D eigenvalue weighted by atomic mass is 10.0. The van der Waals surface area contributed by atoms with Crippen molar-refractivity contribution in [3.8, 4) is 34.5 Å². The number of halogens is 4. The average Bonchev–Trinajstić information content (AvgIpc) is 3.21. The van der Waals surface area contributed by atoms with E-state index in [-0.39, 0.29) is 18.2 Å². The molecule has 0 atom stereocenters. The number of benzene rings is 4. The number of methoxy groups -OCH3 is 2. The number of carbonyl (C=O) groups excluding carboxylic acids is 1. The maximum absolute atomic E-state index is 10.4. The summed E-state index contributed by atoms with van der Waals surface area (Å²) in [6, 6.07) is 25.1. The predicted molar refractivity (Wildman–Crippen MR) is 248 cm³/mol. The van der Waals surface area contributed by atoms with Gasteiger partial charge in [0.15, 0.2) is 11.5 Å². The highest BCUT2D eigenvalue weighted by molar-refractivity contribution is 6.38. The zero-order valence-corrected chi connectivity index (χ0v) is 37.6. The molecule has 0 radical (unpaired) electrons. The molecule has 1 amide bonds. The van der Waals surface area contributed by atoms with Crippen LogP contribution in [0.3, 0.4) is 0 Å². The van der Waals surface area contributed by atoms with Gasteiger partial charge < -0.3 is 36.1 Å². The van der Waals surface area contributed by atoms with Crippen LogP contribution in [-0.2, 0) is 17.6 Å². The van der Waals surface area contributed by atoms with Crippen molar-refractivity contribution < 1.29 is 23.7 Å². The number of amidine groups is 1. The molecule has 11 nitrogen and oxygen atoms in total. The molecule has 61 heavy (non-hydrogen) atoms. The van der Waals surface area contributed by atoms with Crippen molar-refractivity contribution >= 4 is 69.5 Å². The summed E-state index contributed by atoms with van der Waals surface area (Å²) in [5.41, 5.74) is 21.7. The second kappa shape index (κ2) is 23.3. The molecular formula is C46H48Cl4N6O5. The molecule has 0 aliphatic heterocycles. The summed E-state index contributed by atoms with van der Waals surface area (Å²) in [5.74, 6) is 4.35. The number of nitrogens with two attached hydrogens (primary N) is 3. The first kappa shape index (κ1) is 48.0. The van der Waals surface area contributed by atoms with Gasteiger partial charge in [0.1, 0.15) is 28.8 Å². The summed E-state index contributed by atoms with van der Waals surface area (Å²) in [5, 5.41) is 1.44. The first-order valence-electron chi connectivity index (χ1n) is 18.9. The van der Waals surface area contributed by atoms with Gasteiger partial charge >= 0.3 is 0 Å². The Morgan fingerprint density at radius 3 is 1.44 bits per heavy atom. The van der Waals surface area contributed by atoms with E-state index in [1.165, 1.54) is 0 Å². The lowest BCUT2D eigenvalue weighted by Gasteiger charge is -2.15. The fourth-order valence-electron chi connectivity index (χ4n) is 5.70. The number of ether oxygens (including phenoxy) is 4. The average molecular weight is 907 g/mol. The summed E-state index contributed by atoms with van der Waals surface area (Å²) in [6.45, 7) is 8.35. The van der Waals surface area contributed by atoms with Crippen molar-refractivity contribution in [2.45, 2.75) is 52.4 Å². The van der Waals surface area contributed by atoms with Crippen LogP contribution in [0.5, 0.6) is 34.5 Å². The van der Waals surface area contributed by atoms with Crippen LogP contribution in [0.4, 0.5) is 11.4 Å². The molecule has 2 aromatic heterocycles. The molecule has 2 heterocycles. The molecule has 6 N–H and O–H groups in total. The molecule has 0 aliphatic carbocycles. The molecule has 0 bridgehead atoms. The third-order valence-electron chi connectivity index (χ3n) is 8.57. The molecule has 0 saturated heterocycles. The van der Waals surface area contributed by atoms with Crippen molar-refractivity contribution in [3.05, 3.63) is 152 Å². The van der Waals surface area contributed by atoms with E-state index in [9.17, 15) is 4.79 Å². The van der Waals surface area contributed by atoms with Gasteiger partial charge in [0.25, 0.3) is 0 Å². The molecule has 6 aromatic rings. The van der Waals surface area contributed by atoms with Gasteiger partial charge in [-0.2, -0.15) is 0 Å². The Morgan fingerprint density at radius 2 is 1.07 bits per heavy atom. The number of rotatable bonds is 13. The van der Waals surface area contributed by atoms with E-state index in [0.29, 0.717) is 72.6 Å². The zero-order valence-electron chi connectivity index (χ0n) is 34.6. The molecule has 6 rings (SSSR count). The van der Waals surface area contributed by atoms with Crippen molar-refractivity contribution in [1.82, 2.24) is 9.97 Å². The first-order valence-corrected chi connectivity index (χ1v) is 20.4. The van der Waals surface area contributed by atoms with E-state index in [4.69, 9.17) is 82.6 Å². The van der Waals surface area contributed by atoms with Gasteiger partial charge in [0.2, 0.25) is 5.91 Å². The maximum atomic E-state index is 10.4. The zero-order chi connectivity index (χ0) is 44.6. The van der Waals surface area contributed by atoms with E-state index < -0.39 is 0 Å². The molecule has 0 spiro atoms. The Hall–Kier alpha value is -5.72. The number of carbonyl (C=O) groups is 1. The van der Waals surface area contributed by atoms with Crippen LogP contribution >= 0.6 is 46.4 Å². The minimum Gasteiger partial charge on any atom is -0.496 e. The molecule has 0 saturated carbocycles. The third kappa shape index (κ3) is 14.8. The fraction of sp³-hybridized carbons (Fsp3) is 0.217. The largest absolute Gasteiger partial charge is 0.496 e. The summed E-state index contributed by atoms with van der Waals surface area (Å²) < 4.78 is 22.6. The van der Waals surface area contributed by atoms with Crippen molar-refractivity contribution in [1.29, 1.82) is 0 Å². The number of nitrogens with zero attached hydrogens (tertiary/aromatic N) is 3. The second-order valence-corrected chi connectivity index (χ2v) is 15.6. The standard InChI is InChI=1S/C23H23Cl2N3O2.C16H17Cl2NO2.C7H8N2O/c1-14(2)18-12-17(6-7-21(18)29-3)30-23-19(24)10-16(11-20(23)25)28-22(26)9-15-5-4-8-27-13-15;1-9(2)12-8-11(4-5-15(12)20-3)21-16-13(17)6-10(19)7-14(16)18;8-7(10)4-6-2-1-3-9-5-6/h4-8,10-14H,9H2,1-3H3,(H2,26,28);4-9H,19H2,1-3H3;1-3,5H,4H2,(H2,8,10). The van der Waals surface area contributed by atoms with Crippen molar-refractivity contribution in [2.24, 2.45) is 16.5 Å². The van der Waals surface area contributed by atoms with Crippen LogP contribution in [0.15, 0.2) is 115 Å². The van der Waals surface area contributed by atoms with Gasteiger partial charge in [-0.15, -0.1) is 0 Å². The van der Waals surface area contributed by atoms with Gasteiger partial charge in [-0.1, -0.05) is 86.2 Å². The van der Waals surface area contributed by atoms with Crippen molar-refractivity contribution in [3.63, 3.8) is 0 Å². The molecule has 4 aromatic carbocycles. The molecule has 0 unspecified atom stereocenters. The Bertz CT molecular complexity index is 2370. The molecule has 15 heteroatoms. The van der Waals surface area contributed by atoms with Crippen LogP contribution in [0.25, 0.3) is 0 Å². The Kier molecular flexibility index (Phi) is 18.3. The molecular weight excluding hydrogens is 858 g/mol. The van der Waals surface area contributed by atoms with Crippen LogP contribution < -0.4 is 36.1 Å². The lowest BCUT2D eigenvalue weighted by molar-refractivity contribution is -0.117. The number of amides is 1. The van der Waals surface area contributed by atoms with Gasteiger partial charge in [0.05, 0.1) is 46.4 Å². The topological polar surface area (TPSA) is 170 Å².